The largest absolute Gasteiger partial charge is 1.00 e. The molecule has 0 saturated heterocycles. The van der Waals surface area contributed by atoms with Gasteiger partial charge in [0.15, 0.2) is 11.7 Å². The van der Waals surface area contributed by atoms with E-state index in [1.165, 1.54) is 0 Å². The first-order valence-electron chi connectivity index (χ1n) is 7.06. The van der Waals surface area contributed by atoms with Crippen LogP contribution in [-0.2, 0) is 11.2 Å². The van der Waals surface area contributed by atoms with Crippen LogP contribution in [0.3, 0.4) is 0 Å². The Balaban J connectivity index is -0.000000480. The molecular formula is C18H18K3NO3. The number of aryl methyl sites for hydroxylation is 1. The second-order valence-corrected chi connectivity index (χ2v) is 4.91. The van der Waals surface area contributed by atoms with Gasteiger partial charge in [-0.25, -0.2) is 4.98 Å². The molecule has 4 nitrogen and oxygen atoms in total. The summed E-state index contributed by atoms with van der Waals surface area (Å²) in [5.41, 5.74) is 2.62. The molecule has 0 bridgehead atoms. The van der Waals surface area contributed by atoms with E-state index >= 15 is 0 Å². The monoisotopic (exact) mass is 413 g/mol. The summed E-state index contributed by atoms with van der Waals surface area (Å²) < 4.78 is 5.83. The van der Waals surface area contributed by atoms with Crippen LogP contribution in [0.15, 0.2) is 65.1 Å². The van der Waals surface area contributed by atoms with Crippen molar-refractivity contribution in [2.75, 3.05) is 0 Å². The molecule has 0 radical (unpaired) electrons. The van der Waals surface area contributed by atoms with E-state index in [2.05, 4.69) is 4.98 Å². The average molecular weight is 414 g/mol. The van der Waals surface area contributed by atoms with Crippen LogP contribution in [-0.4, -0.2) is 16.1 Å². The first kappa shape index (κ1) is 27.0. The van der Waals surface area contributed by atoms with Crippen molar-refractivity contribution in [2.45, 2.75) is 12.8 Å². The van der Waals surface area contributed by atoms with Gasteiger partial charge in [0.2, 0.25) is 0 Å². The predicted octanol–water partition coefficient (Wildman–Crippen LogP) is -4.62. The zero-order valence-electron chi connectivity index (χ0n) is 17.9. The molecule has 1 aromatic heterocycles. The average Bonchev–Trinajstić information content (AvgIpc) is 2.99. The summed E-state index contributed by atoms with van der Waals surface area (Å²) in [6.45, 7) is 0. The van der Waals surface area contributed by atoms with Gasteiger partial charge in [-0.1, -0.05) is 60.7 Å². The fraction of sp³-hybridized carbons (Fsp3) is 0.111. The van der Waals surface area contributed by atoms with Crippen molar-refractivity contribution in [1.82, 2.24) is 4.98 Å². The van der Waals surface area contributed by atoms with E-state index in [1.807, 2.05) is 60.7 Å². The van der Waals surface area contributed by atoms with Crippen molar-refractivity contribution in [1.29, 1.82) is 0 Å². The summed E-state index contributed by atoms with van der Waals surface area (Å²) in [6, 6.07) is 19.5. The van der Waals surface area contributed by atoms with Gasteiger partial charge in [0, 0.05) is 17.5 Å². The van der Waals surface area contributed by atoms with Gasteiger partial charge in [0.05, 0.1) is 6.42 Å². The Bertz CT molecular complexity index is 734. The molecule has 0 atom stereocenters. The molecule has 3 rings (SSSR count). The third-order valence-corrected chi connectivity index (χ3v) is 3.31. The van der Waals surface area contributed by atoms with E-state index in [4.69, 9.17) is 9.52 Å². The van der Waals surface area contributed by atoms with Gasteiger partial charge in [-0.05, 0) is 0 Å². The van der Waals surface area contributed by atoms with Crippen molar-refractivity contribution in [3.63, 3.8) is 0 Å². The Labute approximate surface area is 279 Å². The van der Waals surface area contributed by atoms with Crippen molar-refractivity contribution in [2.24, 2.45) is 0 Å². The van der Waals surface area contributed by atoms with E-state index in [-0.39, 0.29) is 171 Å². The molecule has 0 fully saturated rings. The molecule has 25 heavy (non-hydrogen) atoms. The zero-order valence-corrected chi connectivity index (χ0v) is 24.3. The standard InChI is InChI=1S/C18H15NO3.3K.3H/c20-16(21)12-11-15-19-17(13-7-3-1-4-8-13)18(22-15)14-9-5-2-6-10-14;;;;;;/h1-10H,11-12H2,(H,20,21);;;;;;/q;3*+1;3*-1. The van der Waals surface area contributed by atoms with Crippen LogP contribution in [0.2, 0.25) is 0 Å². The Morgan fingerprint density at radius 1 is 0.920 bits per heavy atom. The van der Waals surface area contributed by atoms with E-state index < -0.39 is 5.97 Å². The van der Waals surface area contributed by atoms with Gasteiger partial charge < -0.3 is 13.8 Å². The first-order valence-corrected chi connectivity index (χ1v) is 7.06. The van der Waals surface area contributed by atoms with Crippen LogP contribution in [0.4, 0.5) is 0 Å². The van der Waals surface area contributed by atoms with Gasteiger partial charge in [-0.2, -0.15) is 0 Å². The van der Waals surface area contributed by atoms with Crippen LogP contribution in [0.1, 0.15) is 16.6 Å². The molecule has 0 aliphatic rings. The molecule has 7 heteroatoms. The van der Waals surface area contributed by atoms with E-state index in [9.17, 15) is 4.79 Å². The zero-order chi connectivity index (χ0) is 15.4. The summed E-state index contributed by atoms with van der Waals surface area (Å²) in [5, 5.41) is 8.82. The number of aromatic nitrogens is 1. The molecule has 2 aromatic carbocycles. The number of carboxylic acids is 1. The summed E-state index contributed by atoms with van der Waals surface area (Å²) in [6.07, 6.45) is 0.283. The third kappa shape index (κ3) is 8.12. The van der Waals surface area contributed by atoms with Gasteiger partial charge in [0.1, 0.15) is 5.69 Å². The number of aliphatic carboxylic acids is 1. The van der Waals surface area contributed by atoms with E-state index in [0.29, 0.717) is 11.7 Å². The van der Waals surface area contributed by atoms with E-state index in [1.54, 1.807) is 0 Å². The van der Waals surface area contributed by atoms with E-state index in [0.717, 1.165) is 16.8 Å². The molecule has 3 aromatic rings. The maximum absolute atomic E-state index is 10.7. The van der Waals surface area contributed by atoms with Crippen LogP contribution in [0.5, 0.6) is 0 Å². The number of benzene rings is 2. The molecule has 0 aliphatic carbocycles. The minimum absolute atomic E-state index is 0. The fourth-order valence-electron chi connectivity index (χ4n) is 2.26. The molecule has 0 spiro atoms. The van der Waals surface area contributed by atoms with Crippen LogP contribution >= 0.6 is 0 Å². The number of hydrogen-bond acceptors (Lipinski definition) is 3. The smallest absolute Gasteiger partial charge is 1.00 e. The maximum atomic E-state index is 10.7. The predicted molar refractivity (Wildman–Crippen MR) is 86.7 cm³/mol. The second kappa shape index (κ2) is 14.1. The first-order chi connectivity index (χ1) is 10.7. The van der Waals surface area contributed by atoms with Crippen LogP contribution in [0, 0.1) is 0 Å². The minimum atomic E-state index is -0.860. The Hall–Kier alpha value is 2.03. The maximum Gasteiger partial charge on any atom is 1.00 e. The molecule has 0 amide bonds. The van der Waals surface area contributed by atoms with Crippen molar-refractivity contribution in [3.05, 3.63) is 66.6 Å². The summed E-state index contributed by atoms with van der Waals surface area (Å²) in [5.74, 6) is 0.257. The van der Waals surface area contributed by atoms with Crippen molar-refractivity contribution in [3.8, 4) is 22.6 Å². The van der Waals surface area contributed by atoms with Crippen LogP contribution < -0.4 is 154 Å². The SMILES string of the molecule is O=C(O)CCc1nc(-c2ccccc2)c(-c2ccccc2)o1.[H-].[H-].[H-].[K+].[K+].[K+]. The Morgan fingerprint density at radius 2 is 1.44 bits per heavy atom. The Kier molecular flexibility index (Phi) is 15.2. The summed E-state index contributed by atoms with van der Waals surface area (Å²) in [4.78, 5) is 15.2. The number of rotatable bonds is 5. The number of oxazole rings is 1. The fourth-order valence-corrected chi connectivity index (χ4v) is 2.26. The molecule has 0 unspecified atom stereocenters. The normalized spacial score (nSPS) is 9.28. The molecular weight excluding hydrogens is 395 g/mol. The van der Waals surface area contributed by atoms with Gasteiger partial charge in [-0.3, -0.25) is 4.79 Å². The van der Waals surface area contributed by atoms with Gasteiger partial charge >= 0.3 is 160 Å². The third-order valence-electron chi connectivity index (χ3n) is 3.31. The summed E-state index contributed by atoms with van der Waals surface area (Å²) in [7, 11) is 0. The molecule has 0 aliphatic heterocycles. The molecule has 1 N–H and O–H groups in total. The molecule has 116 valence electrons. The second-order valence-electron chi connectivity index (χ2n) is 4.91. The van der Waals surface area contributed by atoms with Crippen molar-refractivity contribution < 1.29 is 173 Å². The van der Waals surface area contributed by atoms with Crippen LogP contribution in [0.25, 0.3) is 22.6 Å². The quantitative estimate of drug-likeness (QED) is 0.428. The number of carboxylic acid groups (broad SMARTS) is 1. The molecule has 0 saturated carbocycles. The number of hydrogen-bond donors (Lipinski definition) is 1. The van der Waals surface area contributed by atoms with Crippen molar-refractivity contribution >= 4 is 5.97 Å². The van der Waals surface area contributed by atoms with Gasteiger partial charge in [0.25, 0.3) is 0 Å². The number of carbonyl (C=O) groups is 1. The topological polar surface area (TPSA) is 63.3 Å². The van der Waals surface area contributed by atoms with Gasteiger partial charge in [-0.15, -0.1) is 0 Å². The Morgan fingerprint density at radius 3 is 1.96 bits per heavy atom. The number of nitrogens with zero attached hydrogens (tertiary/aromatic N) is 1. The molecule has 1 heterocycles. The minimum Gasteiger partial charge on any atom is -1.00 e. The summed E-state index contributed by atoms with van der Waals surface area (Å²) >= 11 is 0.